The van der Waals surface area contributed by atoms with Gasteiger partial charge >= 0.3 is 5.97 Å². The highest BCUT2D eigenvalue weighted by Gasteiger charge is 2.43. The normalized spacial score (nSPS) is 18.5. The van der Waals surface area contributed by atoms with Gasteiger partial charge in [0.2, 0.25) is 0 Å². The Bertz CT molecular complexity index is 968. The zero-order chi connectivity index (χ0) is 21.1. The molecule has 0 saturated carbocycles. The molecule has 1 heterocycles. The van der Waals surface area contributed by atoms with Gasteiger partial charge in [0.25, 0.3) is 11.6 Å². The molecule has 7 nitrogen and oxygen atoms in total. The summed E-state index contributed by atoms with van der Waals surface area (Å²) in [5, 5.41) is 11.3. The van der Waals surface area contributed by atoms with Crippen LogP contribution in [-0.4, -0.2) is 40.1 Å². The van der Waals surface area contributed by atoms with Crippen molar-refractivity contribution in [2.45, 2.75) is 25.3 Å². The van der Waals surface area contributed by atoms with Gasteiger partial charge in [0.1, 0.15) is 11.4 Å². The molecular weight excluding hydrogens is 416 g/mol. The predicted molar refractivity (Wildman–Crippen MR) is 111 cm³/mol. The SMILES string of the molecule is CCOC(=O)C1CSC(c2cccc(Cl)c2)N1C(=O)c1ccc(C)c([N+](=O)[O-])c1. The lowest BCUT2D eigenvalue weighted by Crippen LogP contribution is -2.43. The van der Waals surface area contributed by atoms with Crippen LogP contribution in [0.2, 0.25) is 5.02 Å². The number of hydrogen-bond donors (Lipinski definition) is 0. The van der Waals surface area contributed by atoms with Crippen LogP contribution in [0.5, 0.6) is 0 Å². The molecule has 2 atom stereocenters. The fourth-order valence-corrected chi connectivity index (χ4v) is 4.78. The van der Waals surface area contributed by atoms with Crippen molar-refractivity contribution in [3.05, 3.63) is 74.3 Å². The topological polar surface area (TPSA) is 89.8 Å². The number of nitro groups is 1. The van der Waals surface area contributed by atoms with Gasteiger partial charge < -0.3 is 9.64 Å². The number of ether oxygens (including phenoxy) is 1. The molecule has 0 spiro atoms. The summed E-state index contributed by atoms with van der Waals surface area (Å²) in [5.74, 6) is -0.615. The number of rotatable bonds is 5. The third kappa shape index (κ3) is 4.38. The van der Waals surface area contributed by atoms with Crippen LogP contribution in [0.1, 0.15) is 33.8 Å². The van der Waals surface area contributed by atoms with Gasteiger partial charge in [0, 0.05) is 28.0 Å². The van der Waals surface area contributed by atoms with E-state index in [0.29, 0.717) is 16.3 Å². The zero-order valence-corrected chi connectivity index (χ0v) is 17.4. The van der Waals surface area contributed by atoms with Gasteiger partial charge in [-0.3, -0.25) is 14.9 Å². The molecule has 1 fully saturated rings. The number of nitro benzene ring substituents is 1. The van der Waals surface area contributed by atoms with E-state index in [0.717, 1.165) is 5.56 Å². The molecule has 1 aliphatic heterocycles. The van der Waals surface area contributed by atoms with Gasteiger partial charge in [0.05, 0.1) is 11.5 Å². The Balaban J connectivity index is 2.03. The molecule has 0 bridgehead atoms. The van der Waals surface area contributed by atoms with E-state index < -0.39 is 28.2 Å². The van der Waals surface area contributed by atoms with Crippen LogP contribution in [0.15, 0.2) is 42.5 Å². The monoisotopic (exact) mass is 434 g/mol. The Morgan fingerprint density at radius 2 is 2.07 bits per heavy atom. The van der Waals surface area contributed by atoms with Gasteiger partial charge in [-0.2, -0.15) is 0 Å². The van der Waals surface area contributed by atoms with Crippen LogP contribution in [-0.2, 0) is 9.53 Å². The molecule has 1 saturated heterocycles. The standard InChI is InChI=1S/C20H19ClN2O5S/c1-3-28-20(25)17-11-29-19(14-5-4-6-15(21)9-14)22(17)18(24)13-8-7-12(2)16(10-13)23(26)27/h4-10,17,19H,3,11H2,1-2H3. The second-order valence-electron chi connectivity index (χ2n) is 6.48. The number of amides is 1. The number of benzene rings is 2. The third-order valence-electron chi connectivity index (χ3n) is 4.58. The summed E-state index contributed by atoms with van der Waals surface area (Å²) in [7, 11) is 0. The molecule has 29 heavy (non-hydrogen) atoms. The van der Waals surface area contributed by atoms with Crippen LogP contribution in [0.3, 0.4) is 0 Å². The van der Waals surface area contributed by atoms with Gasteiger partial charge in [-0.25, -0.2) is 4.79 Å². The summed E-state index contributed by atoms with van der Waals surface area (Å²) in [4.78, 5) is 38.1. The van der Waals surface area contributed by atoms with E-state index in [1.807, 2.05) is 6.07 Å². The van der Waals surface area contributed by atoms with Crippen molar-refractivity contribution in [2.24, 2.45) is 0 Å². The average molecular weight is 435 g/mol. The molecule has 152 valence electrons. The molecule has 9 heteroatoms. The van der Waals surface area contributed by atoms with Crippen LogP contribution in [0, 0.1) is 17.0 Å². The van der Waals surface area contributed by atoms with E-state index in [2.05, 4.69) is 0 Å². The molecular formula is C20H19ClN2O5S. The predicted octanol–water partition coefficient (Wildman–Crippen LogP) is 4.38. The Morgan fingerprint density at radius 1 is 1.31 bits per heavy atom. The minimum absolute atomic E-state index is 0.144. The van der Waals surface area contributed by atoms with Crippen LogP contribution in [0.25, 0.3) is 0 Å². The maximum Gasteiger partial charge on any atom is 0.329 e. The van der Waals surface area contributed by atoms with Crippen molar-refractivity contribution in [3.8, 4) is 0 Å². The molecule has 0 aliphatic carbocycles. The average Bonchev–Trinajstić information content (AvgIpc) is 3.13. The second-order valence-corrected chi connectivity index (χ2v) is 8.03. The van der Waals surface area contributed by atoms with E-state index in [4.69, 9.17) is 16.3 Å². The lowest BCUT2D eigenvalue weighted by atomic mass is 10.1. The van der Waals surface area contributed by atoms with Crippen molar-refractivity contribution < 1.29 is 19.2 Å². The highest BCUT2D eigenvalue weighted by atomic mass is 35.5. The lowest BCUT2D eigenvalue weighted by Gasteiger charge is -2.28. The number of nitrogens with zero attached hydrogens (tertiary/aromatic N) is 2. The first-order valence-corrected chi connectivity index (χ1v) is 10.4. The van der Waals surface area contributed by atoms with Crippen LogP contribution in [0.4, 0.5) is 5.69 Å². The highest BCUT2D eigenvalue weighted by molar-refractivity contribution is 7.99. The summed E-state index contributed by atoms with van der Waals surface area (Å²) in [5.41, 5.74) is 1.22. The summed E-state index contributed by atoms with van der Waals surface area (Å²) < 4.78 is 5.15. The fourth-order valence-electron chi connectivity index (χ4n) is 3.18. The Kier molecular flexibility index (Phi) is 6.44. The maximum atomic E-state index is 13.4. The van der Waals surface area contributed by atoms with Crippen molar-refractivity contribution in [3.63, 3.8) is 0 Å². The minimum Gasteiger partial charge on any atom is -0.464 e. The molecule has 0 N–H and O–H groups in total. The van der Waals surface area contributed by atoms with Gasteiger partial charge in [-0.05, 0) is 37.6 Å². The van der Waals surface area contributed by atoms with Gasteiger partial charge in [0.15, 0.2) is 0 Å². The van der Waals surface area contributed by atoms with Gasteiger partial charge in [-0.15, -0.1) is 11.8 Å². The summed E-state index contributed by atoms with van der Waals surface area (Å²) in [6.07, 6.45) is 0. The molecule has 2 unspecified atom stereocenters. The van der Waals surface area contributed by atoms with E-state index in [1.165, 1.54) is 34.9 Å². The van der Waals surface area contributed by atoms with Crippen molar-refractivity contribution >= 4 is 40.9 Å². The van der Waals surface area contributed by atoms with E-state index in [9.17, 15) is 19.7 Å². The molecule has 1 amide bonds. The Labute approximate surface area is 177 Å². The number of thioether (sulfide) groups is 1. The number of hydrogen-bond acceptors (Lipinski definition) is 6. The summed E-state index contributed by atoms with van der Waals surface area (Å²) >= 11 is 7.53. The number of carbonyl (C=O) groups excluding carboxylic acids is 2. The van der Waals surface area contributed by atoms with Crippen molar-refractivity contribution in [2.75, 3.05) is 12.4 Å². The van der Waals surface area contributed by atoms with E-state index in [-0.39, 0.29) is 17.9 Å². The molecule has 2 aromatic rings. The highest BCUT2D eigenvalue weighted by Crippen LogP contribution is 2.43. The lowest BCUT2D eigenvalue weighted by molar-refractivity contribution is -0.385. The molecule has 0 radical (unpaired) electrons. The van der Waals surface area contributed by atoms with Gasteiger partial charge in [-0.1, -0.05) is 29.8 Å². The minimum atomic E-state index is -0.795. The molecule has 2 aromatic carbocycles. The zero-order valence-electron chi connectivity index (χ0n) is 15.8. The molecule has 0 aromatic heterocycles. The number of halogens is 1. The van der Waals surface area contributed by atoms with Crippen molar-refractivity contribution in [1.82, 2.24) is 4.90 Å². The number of aryl methyl sites for hydroxylation is 1. The smallest absolute Gasteiger partial charge is 0.329 e. The maximum absolute atomic E-state index is 13.4. The Hall–Kier alpha value is -2.58. The van der Waals surface area contributed by atoms with Crippen LogP contribution >= 0.6 is 23.4 Å². The van der Waals surface area contributed by atoms with Crippen molar-refractivity contribution in [1.29, 1.82) is 0 Å². The third-order valence-corrected chi connectivity index (χ3v) is 6.14. The first kappa shape index (κ1) is 21.1. The Morgan fingerprint density at radius 3 is 2.72 bits per heavy atom. The summed E-state index contributed by atoms with van der Waals surface area (Å²) in [6, 6.07) is 10.6. The quantitative estimate of drug-likeness (QED) is 0.394. The van der Waals surface area contributed by atoms with Crippen LogP contribution < -0.4 is 0 Å². The fraction of sp³-hybridized carbons (Fsp3) is 0.300. The van der Waals surface area contributed by atoms with E-state index >= 15 is 0 Å². The first-order valence-electron chi connectivity index (χ1n) is 8.95. The largest absolute Gasteiger partial charge is 0.464 e. The molecule has 3 rings (SSSR count). The second kappa shape index (κ2) is 8.84. The van der Waals surface area contributed by atoms with E-state index in [1.54, 1.807) is 32.0 Å². The number of carbonyl (C=O) groups is 2. The molecule has 1 aliphatic rings. The first-order chi connectivity index (χ1) is 13.8. The summed E-state index contributed by atoms with van der Waals surface area (Å²) in [6.45, 7) is 3.50. The number of esters is 1.